The van der Waals surface area contributed by atoms with Gasteiger partial charge in [-0.3, -0.25) is 4.79 Å². The number of hydrogen-bond donors (Lipinski definition) is 1. The molecule has 2 atom stereocenters. The fourth-order valence-electron chi connectivity index (χ4n) is 4.55. The van der Waals surface area contributed by atoms with E-state index >= 15 is 0 Å². The lowest BCUT2D eigenvalue weighted by molar-refractivity contribution is -0.144. The fourth-order valence-corrected chi connectivity index (χ4v) is 4.55. The van der Waals surface area contributed by atoms with Gasteiger partial charge in [-0.15, -0.1) is 0 Å². The molecule has 1 heterocycles. The van der Waals surface area contributed by atoms with Gasteiger partial charge in [0.15, 0.2) is 0 Å². The summed E-state index contributed by atoms with van der Waals surface area (Å²) in [6.45, 7) is 5.02. The first kappa shape index (κ1) is 31.1. The summed E-state index contributed by atoms with van der Waals surface area (Å²) in [5, 5.41) is 9.63. The number of rotatable bonds is 19. The molecule has 2 unspecified atom stereocenters. The predicted octanol–water partition coefficient (Wildman–Crippen LogP) is 6.95. The fraction of sp³-hybridized carbons (Fsp3) is 0.531. The minimum absolute atomic E-state index is 0.162. The molecule has 1 saturated heterocycles. The summed E-state index contributed by atoms with van der Waals surface area (Å²) >= 11 is 0. The van der Waals surface area contributed by atoms with Crippen LogP contribution in [0.4, 0.5) is 0 Å². The van der Waals surface area contributed by atoms with Crippen LogP contribution in [-0.2, 0) is 14.3 Å². The van der Waals surface area contributed by atoms with Gasteiger partial charge < -0.3 is 24.1 Å². The summed E-state index contributed by atoms with van der Waals surface area (Å²) in [4.78, 5) is 37.0. The number of esters is 2. The molecule has 8 heteroatoms. The van der Waals surface area contributed by atoms with E-state index < -0.39 is 23.8 Å². The van der Waals surface area contributed by atoms with Crippen LogP contribution in [0, 0.1) is 0 Å². The molecule has 0 saturated carbocycles. The highest BCUT2D eigenvalue weighted by Crippen LogP contribution is 2.32. The number of carbonyl (C=O) groups excluding carboxylic acids is 2. The number of epoxide rings is 1. The Morgan fingerprint density at radius 1 is 0.925 bits per heavy atom. The Kier molecular flexibility index (Phi) is 13.0. The van der Waals surface area contributed by atoms with E-state index in [-0.39, 0.29) is 29.0 Å². The van der Waals surface area contributed by atoms with Crippen molar-refractivity contribution in [3.8, 4) is 11.5 Å². The molecule has 3 rings (SSSR count). The molecule has 0 spiro atoms. The third kappa shape index (κ3) is 10.3. The third-order valence-corrected chi connectivity index (χ3v) is 7.01. The molecule has 0 aromatic heterocycles. The molecule has 2 aromatic carbocycles. The van der Waals surface area contributed by atoms with Crippen LogP contribution < -0.4 is 9.47 Å². The van der Waals surface area contributed by atoms with Crippen LogP contribution in [0.3, 0.4) is 0 Å². The third-order valence-electron chi connectivity index (χ3n) is 7.01. The Bertz CT molecular complexity index is 1090. The zero-order valence-corrected chi connectivity index (χ0v) is 23.7. The number of carbonyl (C=O) groups is 3. The molecule has 0 amide bonds. The van der Waals surface area contributed by atoms with Crippen molar-refractivity contribution in [3.05, 3.63) is 59.2 Å². The van der Waals surface area contributed by atoms with E-state index in [1.54, 1.807) is 44.2 Å². The highest BCUT2D eigenvalue weighted by Gasteiger charge is 2.26. The summed E-state index contributed by atoms with van der Waals surface area (Å²) in [6.07, 6.45) is 12.9. The summed E-state index contributed by atoms with van der Waals surface area (Å²) in [5.41, 5.74) is 0.301. The largest absolute Gasteiger partial charge is 0.494 e. The molecule has 218 valence electrons. The zero-order valence-electron chi connectivity index (χ0n) is 23.7. The molecule has 1 aliphatic heterocycles. The first-order chi connectivity index (χ1) is 19.4. The van der Waals surface area contributed by atoms with Crippen molar-refractivity contribution in [2.75, 3.05) is 19.8 Å². The van der Waals surface area contributed by atoms with Crippen molar-refractivity contribution in [2.24, 2.45) is 0 Å². The summed E-state index contributed by atoms with van der Waals surface area (Å²) in [6, 6.07) is 10.9. The van der Waals surface area contributed by atoms with Crippen molar-refractivity contribution < 1.29 is 38.4 Å². The lowest BCUT2D eigenvalue weighted by atomic mass is 9.97. The average molecular weight is 555 g/mol. The van der Waals surface area contributed by atoms with Gasteiger partial charge in [-0.1, -0.05) is 63.5 Å². The van der Waals surface area contributed by atoms with Crippen LogP contribution in [0.15, 0.2) is 42.5 Å². The molecule has 40 heavy (non-hydrogen) atoms. The maximum Gasteiger partial charge on any atom is 0.343 e. The molecule has 0 bridgehead atoms. The van der Waals surface area contributed by atoms with E-state index in [0.29, 0.717) is 18.5 Å². The normalized spacial score (nSPS) is 14.8. The van der Waals surface area contributed by atoms with Crippen molar-refractivity contribution >= 4 is 17.9 Å². The van der Waals surface area contributed by atoms with Crippen molar-refractivity contribution in [1.82, 2.24) is 0 Å². The van der Waals surface area contributed by atoms with Crippen LogP contribution in [0.25, 0.3) is 0 Å². The number of para-hydroxylation sites is 1. The Balaban J connectivity index is 1.40. The van der Waals surface area contributed by atoms with Crippen LogP contribution >= 0.6 is 0 Å². The van der Waals surface area contributed by atoms with E-state index in [4.69, 9.17) is 18.9 Å². The number of hydrogen-bond acceptors (Lipinski definition) is 7. The highest BCUT2D eigenvalue weighted by atomic mass is 16.6. The standard InChI is InChI=1S/C32H42O8/c1-3-37-31(35)23(2)27-15-13-16-28(30(33)34)29(27)40-32(36)24-17-19-25(20-18-24)38-21-12-10-8-6-4-5-7-9-11-14-26-22-39-26/h13,15-20,23,26H,3-12,14,21-22H2,1-2H3,(H,33,34). The minimum atomic E-state index is -1.26. The van der Waals surface area contributed by atoms with Gasteiger partial charge in [-0.2, -0.15) is 0 Å². The highest BCUT2D eigenvalue weighted by molar-refractivity contribution is 5.96. The summed E-state index contributed by atoms with van der Waals surface area (Å²) in [7, 11) is 0. The number of carboxylic acid groups (broad SMARTS) is 1. The molecule has 0 aliphatic carbocycles. The number of benzene rings is 2. The monoisotopic (exact) mass is 554 g/mol. The van der Waals surface area contributed by atoms with E-state index in [9.17, 15) is 19.5 Å². The van der Waals surface area contributed by atoms with Gasteiger partial charge in [-0.25, -0.2) is 9.59 Å². The van der Waals surface area contributed by atoms with Gasteiger partial charge in [0.2, 0.25) is 0 Å². The summed E-state index contributed by atoms with van der Waals surface area (Å²) < 4.78 is 21.6. The number of carboxylic acids is 1. The second kappa shape index (κ2) is 16.7. The van der Waals surface area contributed by atoms with Crippen LogP contribution in [0.1, 0.15) is 110 Å². The molecular formula is C32H42O8. The lowest BCUT2D eigenvalue weighted by Crippen LogP contribution is -2.18. The molecule has 1 aliphatic rings. The van der Waals surface area contributed by atoms with Gasteiger partial charge in [0.1, 0.15) is 17.1 Å². The SMILES string of the molecule is CCOC(=O)C(C)c1cccc(C(=O)O)c1OC(=O)c1ccc(OCCCCCCCCCCCC2CO2)cc1. The molecule has 2 aromatic rings. The molecule has 8 nitrogen and oxygen atoms in total. The first-order valence-corrected chi connectivity index (χ1v) is 14.5. The van der Waals surface area contributed by atoms with Crippen molar-refractivity contribution in [2.45, 2.75) is 90.1 Å². The Hall–Kier alpha value is -3.39. The molecule has 1 fully saturated rings. The van der Waals surface area contributed by atoms with Crippen molar-refractivity contribution in [3.63, 3.8) is 0 Å². The van der Waals surface area contributed by atoms with Crippen molar-refractivity contribution in [1.29, 1.82) is 0 Å². The lowest BCUT2D eigenvalue weighted by Gasteiger charge is -2.17. The second-order valence-electron chi connectivity index (χ2n) is 10.2. The minimum Gasteiger partial charge on any atom is -0.494 e. The zero-order chi connectivity index (χ0) is 28.7. The van der Waals surface area contributed by atoms with E-state index in [1.165, 1.54) is 63.5 Å². The topological polar surface area (TPSA) is 112 Å². The number of ether oxygens (including phenoxy) is 4. The molecular weight excluding hydrogens is 512 g/mol. The van der Waals surface area contributed by atoms with E-state index in [0.717, 1.165) is 19.4 Å². The van der Waals surface area contributed by atoms with Gasteiger partial charge >= 0.3 is 17.9 Å². The Morgan fingerprint density at radius 2 is 1.55 bits per heavy atom. The molecule has 0 radical (unpaired) electrons. The quantitative estimate of drug-likeness (QED) is 0.0859. The maximum absolute atomic E-state index is 12.9. The van der Waals surface area contributed by atoms with E-state index in [2.05, 4.69) is 0 Å². The van der Waals surface area contributed by atoms with E-state index in [1.807, 2.05) is 0 Å². The smallest absolute Gasteiger partial charge is 0.343 e. The van der Waals surface area contributed by atoms with Crippen LogP contribution in [0.5, 0.6) is 11.5 Å². The van der Waals surface area contributed by atoms with Gasteiger partial charge in [0.25, 0.3) is 0 Å². The number of unbranched alkanes of at least 4 members (excludes halogenated alkanes) is 8. The Morgan fingerprint density at radius 3 is 2.15 bits per heavy atom. The van der Waals surface area contributed by atoms with Gasteiger partial charge in [0, 0.05) is 5.56 Å². The second-order valence-corrected chi connectivity index (χ2v) is 10.2. The predicted molar refractivity (Wildman–Crippen MR) is 151 cm³/mol. The van der Waals surface area contributed by atoms with Gasteiger partial charge in [-0.05, 0) is 57.0 Å². The first-order valence-electron chi connectivity index (χ1n) is 14.5. The summed E-state index contributed by atoms with van der Waals surface area (Å²) in [5.74, 6) is -2.85. The number of aromatic carboxylic acids is 1. The molecule has 1 N–H and O–H groups in total. The van der Waals surface area contributed by atoms with Crippen LogP contribution in [0.2, 0.25) is 0 Å². The van der Waals surface area contributed by atoms with Gasteiger partial charge in [0.05, 0.1) is 37.4 Å². The van der Waals surface area contributed by atoms with Crippen LogP contribution in [-0.4, -0.2) is 48.9 Å². The average Bonchev–Trinajstić information content (AvgIpc) is 3.78. The Labute approximate surface area is 237 Å². The maximum atomic E-state index is 12.9.